The average molecular weight is 217 g/mol. The van der Waals surface area contributed by atoms with Gasteiger partial charge in [0.2, 0.25) is 0 Å². The second kappa shape index (κ2) is 15.1. The van der Waals surface area contributed by atoms with Crippen molar-refractivity contribution in [1.29, 1.82) is 0 Å². The zero-order valence-electron chi connectivity index (χ0n) is 11.4. The molecule has 1 nitrogen and oxygen atoms in total. The predicted molar refractivity (Wildman–Crippen MR) is 70.4 cm³/mol. The Bertz CT molecular complexity index is 173. The van der Waals surface area contributed by atoms with E-state index in [0.717, 1.165) is 0 Å². The van der Waals surface area contributed by atoms with Gasteiger partial charge in [-0.2, -0.15) is 4.37 Å². The molecule has 1 aromatic heterocycles. The van der Waals surface area contributed by atoms with Gasteiger partial charge >= 0.3 is 0 Å². The SMILES string of the molecule is CC.CC.CC.Cc1nsc(C)c1C. The van der Waals surface area contributed by atoms with Gasteiger partial charge in [0.15, 0.2) is 0 Å². The molecule has 0 saturated heterocycles. The van der Waals surface area contributed by atoms with E-state index in [0.29, 0.717) is 0 Å². The van der Waals surface area contributed by atoms with Crippen molar-refractivity contribution in [3.63, 3.8) is 0 Å². The van der Waals surface area contributed by atoms with E-state index in [2.05, 4.69) is 18.2 Å². The fourth-order valence-corrected chi connectivity index (χ4v) is 1.22. The van der Waals surface area contributed by atoms with Gasteiger partial charge in [0.05, 0.1) is 5.69 Å². The molecule has 1 aromatic rings. The molecule has 0 spiro atoms. The summed E-state index contributed by atoms with van der Waals surface area (Å²) in [6.45, 7) is 18.2. The maximum Gasteiger partial charge on any atom is 0.0543 e. The lowest BCUT2D eigenvalue weighted by atomic mass is 10.2. The van der Waals surface area contributed by atoms with Crippen LogP contribution in [0, 0.1) is 20.8 Å². The molecule has 0 unspecified atom stereocenters. The summed E-state index contributed by atoms with van der Waals surface area (Å²) >= 11 is 1.58. The van der Waals surface area contributed by atoms with Gasteiger partial charge < -0.3 is 0 Å². The molecule has 0 amide bonds. The Morgan fingerprint density at radius 3 is 1.21 bits per heavy atom. The lowest BCUT2D eigenvalue weighted by Gasteiger charge is -1.83. The molecular weight excluding hydrogens is 190 g/mol. The Morgan fingerprint density at radius 1 is 0.786 bits per heavy atom. The minimum Gasteiger partial charge on any atom is -0.197 e. The first-order chi connectivity index (χ1) is 6.72. The molecule has 0 aliphatic heterocycles. The third kappa shape index (κ3) is 8.24. The van der Waals surface area contributed by atoms with Gasteiger partial charge in [-0.25, -0.2) is 0 Å². The third-order valence-electron chi connectivity index (χ3n) is 1.39. The van der Waals surface area contributed by atoms with Crippen LogP contribution < -0.4 is 0 Å². The van der Waals surface area contributed by atoms with Crippen LogP contribution in [-0.2, 0) is 0 Å². The van der Waals surface area contributed by atoms with Crippen LogP contribution in [0.15, 0.2) is 0 Å². The van der Waals surface area contributed by atoms with Gasteiger partial charge in [-0.1, -0.05) is 41.5 Å². The zero-order chi connectivity index (χ0) is 12.1. The molecule has 0 radical (unpaired) electrons. The Balaban J connectivity index is -0.000000174. The zero-order valence-corrected chi connectivity index (χ0v) is 12.2. The third-order valence-corrected chi connectivity index (χ3v) is 2.34. The molecule has 0 bridgehead atoms. The number of hydrogen-bond donors (Lipinski definition) is 0. The van der Waals surface area contributed by atoms with Crippen LogP contribution in [0.3, 0.4) is 0 Å². The monoisotopic (exact) mass is 217 g/mol. The minimum absolute atomic E-state index is 1.17. The quantitative estimate of drug-likeness (QED) is 0.586. The first kappa shape index (κ1) is 19.2. The Hall–Kier alpha value is -0.370. The van der Waals surface area contributed by atoms with E-state index in [9.17, 15) is 0 Å². The van der Waals surface area contributed by atoms with Crippen molar-refractivity contribution in [3.8, 4) is 0 Å². The summed E-state index contributed by atoms with van der Waals surface area (Å²) in [6.07, 6.45) is 0. The second-order valence-electron chi connectivity index (χ2n) is 1.95. The van der Waals surface area contributed by atoms with Gasteiger partial charge in [0.1, 0.15) is 0 Å². The normalized spacial score (nSPS) is 6.93. The molecule has 2 heteroatoms. The number of hydrogen-bond acceptors (Lipinski definition) is 2. The van der Waals surface area contributed by atoms with Gasteiger partial charge in [-0.05, 0) is 37.9 Å². The molecule has 1 heterocycles. The molecule has 86 valence electrons. The summed E-state index contributed by atoms with van der Waals surface area (Å²) < 4.78 is 4.16. The summed E-state index contributed by atoms with van der Waals surface area (Å²) in [6, 6.07) is 0. The van der Waals surface area contributed by atoms with Crippen LogP contribution in [0.1, 0.15) is 57.7 Å². The van der Waals surface area contributed by atoms with Crippen molar-refractivity contribution < 1.29 is 0 Å². The van der Waals surface area contributed by atoms with Gasteiger partial charge in [-0.3, -0.25) is 0 Å². The fraction of sp³-hybridized carbons (Fsp3) is 0.750. The molecule has 0 fully saturated rings. The summed E-state index contributed by atoms with van der Waals surface area (Å²) in [5, 5.41) is 0. The molecule has 0 N–H and O–H groups in total. The van der Waals surface area contributed by atoms with Crippen LogP contribution in [0.2, 0.25) is 0 Å². The molecule has 0 saturated carbocycles. The van der Waals surface area contributed by atoms with E-state index in [1.165, 1.54) is 16.1 Å². The van der Waals surface area contributed by atoms with Crippen molar-refractivity contribution in [1.82, 2.24) is 4.37 Å². The Kier molecular flexibility index (Phi) is 20.8. The maximum atomic E-state index is 4.16. The summed E-state index contributed by atoms with van der Waals surface area (Å²) in [5.41, 5.74) is 2.52. The van der Waals surface area contributed by atoms with Crippen LogP contribution >= 0.6 is 11.5 Å². The van der Waals surface area contributed by atoms with Crippen LogP contribution in [-0.4, -0.2) is 4.37 Å². The number of aryl methyl sites for hydroxylation is 2. The highest BCUT2D eigenvalue weighted by Gasteiger charge is 1.97. The molecule has 0 aliphatic carbocycles. The van der Waals surface area contributed by atoms with Crippen LogP contribution in [0.25, 0.3) is 0 Å². The second-order valence-corrected chi connectivity index (χ2v) is 2.93. The van der Waals surface area contributed by atoms with E-state index in [4.69, 9.17) is 0 Å². The molecule has 0 aromatic carbocycles. The highest BCUT2D eigenvalue weighted by molar-refractivity contribution is 7.05. The van der Waals surface area contributed by atoms with Gasteiger partial charge in [0, 0.05) is 4.88 Å². The van der Waals surface area contributed by atoms with E-state index in [1.54, 1.807) is 11.5 Å². The topological polar surface area (TPSA) is 12.9 Å². The van der Waals surface area contributed by atoms with Crippen molar-refractivity contribution in [2.24, 2.45) is 0 Å². The lowest BCUT2D eigenvalue weighted by Crippen LogP contribution is -1.73. The van der Waals surface area contributed by atoms with E-state index >= 15 is 0 Å². The average Bonchev–Trinajstić information content (AvgIpc) is 2.58. The summed E-state index contributed by atoms with van der Waals surface area (Å²) in [4.78, 5) is 1.34. The van der Waals surface area contributed by atoms with Crippen molar-refractivity contribution in [3.05, 3.63) is 16.1 Å². The highest BCUT2D eigenvalue weighted by atomic mass is 32.1. The van der Waals surface area contributed by atoms with Crippen LogP contribution in [0.4, 0.5) is 0 Å². The molecule has 14 heavy (non-hydrogen) atoms. The first-order valence-corrected chi connectivity index (χ1v) is 6.38. The predicted octanol–water partition coefficient (Wildman–Crippen LogP) is 5.15. The Labute approximate surface area is 94.7 Å². The van der Waals surface area contributed by atoms with E-state index in [1.807, 2.05) is 48.5 Å². The molecule has 0 atom stereocenters. The largest absolute Gasteiger partial charge is 0.197 e. The van der Waals surface area contributed by atoms with Crippen molar-refractivity contribution >= 4 is 11.5 Å². The highest BCUT2D eigenvalue weighted by Crippen LogP contribution is 2.14. The molecule has 0 aliphatic rings. The smallest absolute Gasteiger partial charge is 0.0543 e. The minimum atomic E-state index is 1.17. The summed E-state index contributed by atoms with van der Waals surface area (Å²) in [7, 11) is 0. The maximum absolute atomic E-state index is 4.16. The van der Waals surface area contributed by atoms with Gasteiger partial charge in [0.25, 0.3) is 0 Å². The van der Waals surface area contributed by atoms with Gasteiger partial charge in [-0.15, -0.1) is 0 Å². The van der Waals surface area contributed by atoms with E-state index in [-0.39, 0.29) is 0 Å². The first-order valence-electron chi connectivity index (χ1n) is 5.61. The number of nitrogens with zero attached hydrogens (tertiary/aromatic N) is 1. The fourth-order valence-electron chi connectivity index (χ4n) is 0.529. The lowest BCUT2D eigenvalue weighted by molar-refractivity contribution is 1.26. The Morgan fingerprint density at radius 2 is 1.14 bits per heavy atom. The molecular formula is C12H27NS. The van der Waals surface area contributed by atoms with E-state index < -0.39 is 0 Å². The number of aromatic nitrogens is 1. The summed E-state index contributed by atoms with van der Waals surface area (Å²) in [5.74, 6) is 0. The van der Waals surface area contributed by atoms with Crippen molar-refractivity contribution in [2.45, 2.75) is 62.3 Å². The van der Waals surface area contributed by atoms with Crippen molar-refractivity contribution in [2.75, 3.05) is 0 Å². The number of rotatable bonds is 0. The molecule has 1 rings (SSSR count). The standard InChI is InChI=1S/C6H9NS.3C2H6/c1-4-5(2)7-8-6(4)3;3*1-2/h1-3H3;3*1-2H3. The van der Waals surface area contributed by atoms with Crippen LogP contribution in [0.5, 0.6) is 0 Å².